The molecule has 0 radical (unpaired) electrons. The molecule has 8 nitrogen and oxygen atoms in total. The molecule has 10 heteroatoms. The Bertz CT molecular complexity index is 1230. The number of benzene rings is 3. The van der Waals surface area contributed by atoms with Crippen LogP contribution in [0, 0.1) is 0 Å². The minimum atomic E-state index is -0.329. The molecule has 0 aliphatic rings. The van der Waals surface area contributed by atoms with Gasteiger partial charge < -0.3 is 19.5 Å². The molecular weight excluding hydrogens is 606 g/mol. The van der Waals surface area contributed by atoms with E-state index in [1.54, 1.807) is 37.4 Å². The third-order valence-electron chi connectivity index (χ3n) is 5.02. The van der Waals surface area contributed by atoms with Crippen molar-refractivity contribution in [2.75, 3.05) is 20.3 Å². The van der Waals surface area contributed by atoms with Crippen molar-refractivity contribution < 1.29 is 23.8 Å². The van der Waals surface area contributed by atoms with Crippen molar-refractivity contribution in [2.24, 2.45) is 5.10 Å². The van der Waals surface area contributed by atoms with Crippen LogP contribution in [-0.2, 0) is 11.4 Å². The van der Waals surface area contributed by atoms with E-state index in [-0.39, 0.29) is 24.8 Å². The highest BCUT2D eigenvalue weighted by atomic mass is 79.9. The van der Waals surface area contributed by atoms with E-state index in [9.17, 15) is 9.59 Å². The molecule has 0 spiro atoms. The van der Waals surface area contributed by atoms with E-state index >= 15 is 0 Å². The average molecular weight is 633 g/mol. The summed E-state index contributed by atoms with van der Waals surface area (Å²) in [5.41, 5.74) is 4.68. The van der Waals surface area contributed by atoms with Gasteiger partial charge in [-0.2, -0.15) is 5.10 Å². The quantitative estimate of drug-likeness (QED) is 0.204. The number of amides is 2. The summed E-state index contributed by atoms with van der Waals surface area (Å²) in [7, 11) is 1.56. The van der Waals surface area contributed by atoms with Gasteiger partial charge in [0.2, 0.25) is 5.91 Å². The summed E-state index contributed by atoms with van der Waals surface area (Å²) in [6.45, 7) is 2.91. The predicted molar refractivity (Wildman–Crippen MR) is 149 cm³/mol. The molecule has 0 fully saturated rings. The number of ether oxygens (including phenoxy) is 3. The van der Waals surface area contributed by atoms with Gasteiger partial charge in [-0.25, -0.2) is 5.43 Å². The molecule has 3 rings (SSSR count). The largest absolute Gasteiger partial charge is 0.497 e. The van der Waals surface area contributed by atoms with Crippen molar-refractivity contribution in [1.29, 1.82) is 0 Å². The van der Waals surface area contributed by atoms with Crippen molar-refractivity contribution in [1.82, 2.24) is 10.7 Å². The molecule has 37 heavy (non-hydrogen) atoms. The van der Waals surface area contributed by atoms with Crippen LogP contribution >= 0.6 is 31.9 Å². The predicted octanol–water partition coefficient (Wildman–Crippen LogP) is 5.47. The molecule has 0 unspecified atom stereocenters. The summed E-state index contributed by atoms with van der Waals surface area (Å²) in [6.07, 6.45) is 1.59. The molecule has 0 aliphatic heterocycles. The fraction of sp³-hybridized carbons (Fsp3) is 0.222. The van der Waals surface area contributed by atoms with Crippen LogP contribution in [0.1, 0.15) is 34.8 Å². The molecule has 0 saturated heterocycles. The highest BCUT2D eigenvalue weighted by Gasteiger charge is 2.13. The summed E-state index contributed by atoms with van der Waals surface area (Å²) >= 11 is 6.97. The van der Waals surface area contributed by atoms with Crippen molar-refractivity contribution in [2.45, 2.75) is 20.0 Å². The summed E-state index contributed by atoms with van der Waals surface area (Å²) in [6, 6.07) is 18.2. The van der Waals surface area contributed by atoms with Crippen LogP contribution in [-0.4, -0.2) is 38.3 Å². The van der Waals surface area contributed by atoms with Crippen molar-refractivity contribution >= 4 is 49.9 Å². The Morgan fingerprint density at radius 3 is 2.41 bits per heavy atom. The maximum atomic E-state index is 12.2. The molecule has 2 amide bonds. The van der Waals surface area contributed by atoms with Gasteiger partial charge in [-0.05, 0) is 82.5 Å². The molecule has 0 aromatic heterocycles. The lowest BCUT2D eigenvalue weighted by atomic mass is 10.2. The SMILES string of the molecule is CCOc1cc(C=NNC(=O)CCNC(=O)c2ccc(OC)cc2)cc(Br)c1OCc1ccc(Br)cc1. The maximum absolute atomic E-state index is 12.2. The number of nitrogens with one attached hydrogen (secondary N) is 2. The number of methoxy groups -OCH3 is 1. The lowest BCUT2D eigenvalue weighted by molar-refractivity contribution is -0.120. The van der Waals surface area contributed by atoms with Gasteiger partial charge in [-0.15, -0.1) is 0 Å². The molecule has 0 saturated carbocycles. The molecule has 0 atom stereocenters. The van der Waals surface area contributed by atoms with Crippen LogP contribution in [0.5, 0.6) is 17.2 Å². The zero-order valence-electron chi connectivity index (χ0n) is 20.4. The highest BCUT2D eigenvalue weighted by molar-refractivity contribution is 9.10. The Balaban J connectivity index is 1.51. The zero-order valence-corrected chi connectivity index (χ0v) is 23.6. The number of carbonyl (C=O) groups excluding carboxylic acids is 2. The summed E-state index contributed by atoms with van der Waals surface area (Å²) in [5, 5.41) is 6.72. The maximum Gasteiger partial charge on any atom is 0.251 e. The second-order valence-electron chi connectivity index (χ2n) is 7.71. The number of halogens is 2. The second kappa shape index (κ2) is 14.4. The highest BCUT2D eigenvalue weighted by Crippen LogP contribution is 2.37. The zero-order chi connectivity index (χ0) is 26.6. The number of rotatable bonds is 12. The molecule has 3 aromatic rings. The van der Waals surface area contributed by atoms with Crippen LogP contribution in [0.3, 0.4) is 0 Å². The first-order valence-corrected chi connectivity index (χ1v) is 13.1. The van der Waals surface area contributed by atoms with Crippen molar-refractivity contribution in [3.63, 3.8) is 0 Å². The van der Waals surface area contributed by atoms with Crippen LogP contribution in [0.25, 0.3) is 0 Å². The third kappa shape index (κ3) is 8.91. The Hall–Kier alpha value is -3.37. The van der Waals surface area contributed by atoms with Gasteiger partial charge >= 0.3 is 0 Å². The number of hydrogen-bond acceptors (Lipinski definition) is 6. The van der Waals surface area contributed by atoms with Crippen LogP contribution in [0.4, 0.5) is 0 Å². The Morgan fingerprint density at radius 1 is 1.00 bits per heavy atom. The van der Waals surface area contributed by atoms with Crippen molar-refractivity contribution in [3.8, 4) is 17.2 Å². The van der Waals surface area contributed by atoms with Gasteiger partial charge in [-0.1, -0.05) is 28.1 Å². The van der Waals surface area contributed by atoms with Gasteiger partial charge in [0, 0.05) is 23.0 Å². The average Bonchev–Trinajstić information content (AvgIpc) is 2.89. The van der Waals surface area contributed by atoms with Gasteiger partial charge in [0.25, 0.3) is 5.91 Å². The van der Waals surface area contributed by atoms with E-state index in [4.69, 9.17) is 14.2 Å². The smallest absolute Gasteiger partial charge is 0.251 e. The third-order valence-corrected chi connectivity index (χ3v) is 6.14. The Labute approximate surface area is 232 Å². The molecular formula is C27H27Br2N3O5. The normalized spacial score (nSPS) is 10.7. The number of hydrazone groups is 1. The first-order valence-electron chi connectivity index (χ1n) is 11.5. The summed E-state index contributed by atoms with van der Waals surface area (Å²) in [5.74, 6) is 1.21. The van der Waals surface area contributed by atoms with E-state index in [1.807, 2.05) is 37.3 Å². The van der Waals surface area contributed by atoms with Gasteiger partial charge in [0.15, 0.2) is 11.5 Å². The monoisotopic (exact) mass is 631 g/mol. The number of carbonyl (C=O) groups is 2. The lowest BCUT2D eigenvalue weighted by Crippen LogP contribution is -2.29. The number of nitrogens with zero attached hydrogens (tertiary/aromatic N) is 1. The molecule has 194 valence electrons. The molecule has 0 bridgehead atoms. The molecule has 2 N–H and O–H groups in total. The molecule has 0 aliphatic carbocycles. The topological polar surface area (TPSA) is 98.2 Å². The number of hydrogen-bond donors (Lipinski definition) is 2. The molecule has 0 heterocycles. The fourth-order valence-electron chi connectivity index (χ4n) is 3.17. The van der Waals surface area contributed by atoms with Crippen LogP contribution in [0.2, 0.25) is 0 Å². The Kier molecular flexibility index (Phi) is 11.0. The van der Waals surface area contributed by atoms with E-state index in [2.05, 4.69) is 47.7 Å². The van der Waals surface area contributed by atoms with E-state index in [0.717, 1.165) is 10.0 Å². The Morgan fingerprint density at radius 2 is 1.73 bits per heavy atom. The summed E-state index contributed by atoms with van der Waals surface area (Å²) < 4.78 is 18.5. The van der Waals surface area contributed by atoms with Crippen molar-refractivity contribution in [3.05, 3.63) is 86.3 Å². The van der Waals surface area contributed by atoms with Gasteiger partial charge in [0.1, 0.15) is 12.4 Å². The minimum Gasteiger partial charge on any atom is -0.497 e. The lowest BCUT2D eigenvalue weighted by Gasteiger charge is -2.14. The first-order chi connectivity index (χ1) is 17.9. The minimum absolute atomic E-state index is 0.0793. The van der Waals surface area contributed by atoms with E-state index in [1.165, 1.54) is 6.21 Å². The second-order valence-corrected chi connectivity index (χ2v) is 9.48. The van der Waals surface area contributed by atoms with Crippen LogP contribution in [0.15, 0.2) is 74.7 Å². The first kappa shape index (κ1) is 28.2. The fourth-order valence-corrected chi connectivity index (χ4v) is 4.01. The standard InChI is InChI=1S/C27H27Br2N3O5/c1-3-36-24-15-19(14-23(29)26(24)37-17-18-4-8-21(28)9-5-18)16-31-32-25(33)12-13-30-27(34)20-6-10-22(35-2)11-7-20/h4-11,14-16H,3,12-13,17H2,1-2H3,(H,30,34)(H,32,33). The van der Waals surface area contributed by atoms with E-state index < -0.39 is 0 Å². The van der Waals surface area contributed by atoms with Crippen LogP contribution < -0.4 is 25.0 Å². The van der Waals surface area contributed by atoms with Gasteiger partial charge in [0.05, 0.1) is 24.4 Å². The van der Waals surface area contributed by atoms with Gasteiger partial charge in [-0.3, -0.25) is 9.59 Å². The summed E-state index contributed by atoms with van der Waals surface area (Å²) in [4.78, 5) is 24.3. The molecule has 3 aromatic carbocycles. The van der Waals surface area contributed by atoms with E-state index in [0.29, 0.717) is 46.1 Å².